The fraction of sp³-hybridized carbons (Fsp3) is 0.238. The quantitative estimate of drug-likeness (QED) is 0.681. The van der Waals surface area contributed by atoms with Crippen LogP contribution in [0.4, 0.5) is 4.39 Å². The van der Waals surface area contributed by atoms with Gasteiger partial charge in [0.15, 0.2) is 11.5 Å². The molecule has 0 spiro atoms. The van der Waals surface area contributed by atoms with Crippen LogP contribution in [0.25, 0.3) is 0 Å². The van der Waals surface area contributed by atoms with Gasteiger partial charge in [-0.25, -0.2) is 9.37 Å². The molecule has 1 unspecified atom stereocenters. The molecular weight excluding hydrogens is 361 g/mol. The highest BCUT2D eigenvalue weighted by atomic mass is 19.1. The largest absolute Gasteiger partial charge is 0.493 e. The minimum Gasteiger partial charge on any atom is -0.493 e. The summed E-state index contributed by atoms with van der Waals surface area (Å²) in [5.41, 5.74) is 1.53. The Bertz CT molecular complexity index is 954. The first-order valence-electron chi connectivity index (χ1n) is 8.74. The van der Waals surface area contributed by atoms with E-state index in [2.05, 4.69) is 10.3 Å². The van der Waals surface area contributed by atoms with Gasteiger partial charge in [0.2, 0.25) is 5.91 Å². The highest BCUT2D eigenvalue weighted by Crippen LogP contribution is 2.28. The van der Waals surface area contributed by atoms with E-state index in [-0.39, 0.29) is 18.1 Å². The highest BCUT2D eigenvalue weighted by molar-refractivity contribution is 5.79. The molecule has 2 aromatic carbocycles. The van der Waals surface area contributed by atoms with Crippen LogP contribution in [0.2, 0.25) is 0 Å². The number of carbonyl (C=O) groups is 1. The van der Waals surface area contributed by atoms with Gasteiger partial charge in [-0.05, 0) is 35.4 Å². The Balaban J connectivity index is 1.82. The highest BCUT2D eigenvalue weighted by Gasteiger charge is 2.21. The summed E-state index contributed by atoms with van der Waals surface area (Å²) in [7, 11) is 4.96. The Morgan fingerprint density at radius 1 is 1.14 bits per heavy atom. The Kier molecular flexibility index (Phi) is 5.93. The third kappa shape index (κ3) is 4.31. The van der Waals surface area contributed by atoms with E-state index < -0.39 is 6.04 Å². The topological polar surface area (TPSA) is 65.4 Å². The van der Waals surface area contributed by atoms with Crippen molar-refractivity contribution in [2.75, 3.05) is 14.2 Å². The molecule has 0 bridgehead atoms. The standard InChI is InChI=1S/C21H22FN3O3/c1-25-11-10-23-21(25)20(15-5-7-16(22)8-6-15)24-19(26)13-14-4-9-17(27-2)18(12-14)28-3/h4-12,20H,13H2,1-3H3,(H,24,26). The van der Waals surface area contributed by atoms with E-state index in [1.807, 2.05) is 17.7 Å². The fourth-order valence-corrected chi connectivity index (χ4v) is 3.00. The maximum absolute atomic E-state index is 13.3. The number of carbonyl (C=O) groups excluding carboxylic acids is 1. The van der Waals surface area contributed by atoms with E-state index in [1.165, 1.54) is 12.1 Å². The lowest BCUT2D eigenvalue weighted by Crippen LogP contribution is -2.32. The third-order valence-electron chi connectivity index (χ3n) is 4.44. The van der Waals surface area contributed by atoms with Crippen LogP contribution in [0.15, 0.2) is 54.9 Å². The number of hydrogen-bond acceptors (Lipinski definition) is 4. The minimum atomic E-state index is -0.492. The number of aromatic nitrogens is 2. The fourth-order valence-electron chi connectivity index (χ4n) is 3.00. The molecular formula is C21H22FN3O3. The summed E-state index contributed by atoms with van der Waals surface area (Å²) in [6, 6.07) is 10.9. The number of hydrogen-bond donors (Lipinski definition) is 1. The first-order valence-corrected chi connectivity index (χ1v) is 8.74. The molecule has 0 saturated heterocycles. The predicted octanol–water partition coefficient (Wildman–Crippen LogP) is 3.02. The molecule has 1 atom stereocenters. The summed E-state index contributed by atoms with van der Waals surface area (Å²) in [5.74, 6) is 1.30. The van der Waals surface area contributed by atoms with Gasteiger partial charge in [0, 0.05) is 19.4 Å². The first kappa shape index (κ1) is 19.4. The van der Waals surface area contributed by atoms with Gasteiger partial charge in [0.25, 0.3) is 0 Å². The lowest BCUT2D eigenvalue weighted by Gasteiger charge is -2.19. The lowest BCUT2D eigenvalue weighted by molar-refractivity contribution is -0.121. The molecule has 28 heavy (non-hydrogen) atoms. The van der Waals surface area contributed by atoms with Gasteiger partial charge in [0.1, 0.15) is 17.7 Å². The zero-order chi connectivity index (χ0) is 20.1. The number of rotatable bonds is 7. The number of methoxy groups -OCH3 is 2. The second kappa shape index (κ2) is 8.56. The van der Waals surface area contributed by atoms with Gasteiger partial charge < -0.3 is 19.4 Å². The van der Waals surface area contributed by atoms with Crippen molar-refractivity contribution < 1.29 is 18.7 Å². The van der Waals surface area contributed by atoms with Gasteiger partial charge in [-0.3, -0.25) is 4.79 Å². The van der Waals surface area contributed by atoms with Crippen molar-refractivity contribution in [1.29, 1.82) is 0 Å². The molecule has 1 heterocycles. The van der Waals surface area contributed by atoms with E-state index >= 15 is 0 Å². The average molecular weight is 383 g/mol. The molecule has 0 radical (unpaired) electrons. The van der Waals surface area contributed by atoms with E-state index in [9.17, 15) is 9.18 Å². The van der Waals surface area contributed by atoms with Crippen LogP contribution < -0.4 is 14.8 Å². The van der Waals surface area contributed by atoms with Crippen molar-refractivity contribution in [1.82, 2.24) is 14.9 Å². The Morgan fingerprint density at radius 3 is 2.46 bits per heavy atom. The van der Waals surface area contributed by atoms with Crippen molar-refractivity contribution in [3.05, 3.63) is 77.6 Å². The number of aryl methyl sites for hydroxylation is 1. The normalized spacial score (nSPS) is 11.7. The summed E-state index contributed by atoms with van der Waals surface area (Å²) in [5, 5.41) is 2.99. The van der Waals surface area contributed by atoms with E-state index in [1.54, 1.807) is 50.9 Å². The van der Waals surface area contributed by atoms with Crippen LogP contribution in [0.3, 0.4) is 0 Å². The van der Waals surface area contributed by atoms with Crippen LogP contribution in [0.1, 0.15) is 23.0 Å². The summed E-state index contributed by atoms with van der Waals surface area (Å²) >= 11 is 0. The molecule has 0 fully saturated rings. The number of imidazole rings is 1. The molecule has 7 heteroatoms. The maximum atomic E-state index is 13.3. The van der Waals surface area contributed by atoms with Crippen LogP contribution in [-0.2, 0) is 18.3 Å². The molecule has 3 aromatic rings. The summed E-state index contributed by atoms with van der Waals surface area (Å²) in [4.78, 5) is 17.1. The molecule has 1 amide bonds. The van der Waals surface area contributed by atoms with Crippen molar-refractivity contribution in [2.45, 2.75) is 12.5 Å². The second-order valence-corrected chi connectivity index (χ2v) is 6.31. The number of ether oxygens (including phenoxy) is 2. The summed E-state index contributed by atoms with van der Waals surface area (Å²) in [6.07, 6.45) is 3.61. The Hall–Kier alpha value is -3.35. The number of nitrogens with zero attached hydrogens (tertiary/aromatic N) is 2. The van der Waals surface area contributed by atoms with Crippen LogP contribution in [-0.4, -0.2) is 29.7 Å². The van der Waals surface area contributed by atoms with E-state index in [0.717, 1.165) is 11.1 Å². The van der Waals surface area contributed by atoms with Crippen molar-refractivity contribution in [2.24, 2.45) is 7.05 Å². The van der Waals surface area contributed by atoms with Gasteiger partial charge >= 0.3 is 0 Å². The number of nitrogens with one attached hydrogen (secondary N) is 1. The van der Waals surface area contributed by atoms with E-state index in [0.29, 0.717) is 17.3 Å². The SMILES string of the molecule is COc1ccc(CC(=O)NC(c2ccc(F)cc2)c2nccn2C)cc1OC. The minimum absolute atomic E-state index is 0.155. The molecule has 0 saturated carbocycles. The molecule has 1 N–H and O–H groups in total. The Morgan fingerprint density at radius 2 is 1.86 bits per heavy atom. The van der Waals surface area contributed by atoms with Gasteiger partial charge in [-0.2, -0.15) is 0 Å². The maximum Gasteiger partial charge on any atom is 0.225 e. The van der Waals surface area contributed by atoms with Gasteiger partial charge in [-0.1, -0.05) is 18.2 Å². The van der Waals surface area contributed by atoms with Crippen LogP contribution >= 0.6 is 0 Å². The summed E-state index contributed by atoms with van der Waals surface area (Å²) < 4.78 is 25.7. The second-order valence-electron chi connectivity index (χ2n) is 6.31. The molecule has 0 aliphatic carbocycles. The number of benzene rings is 2. The molecule has 3 rings (SSSR count). The molecule has 0 aliphatic heterocycles. The molecule has 1 aromatic heterocycles. The third-order valence-corrected chi connectivity index (χ3v) is 4.44. The molecule has 146 valence electrons. The van der Waals surface area contributed by atoms with Crippen LogP contribution in [0.5, 0.6) is 11.5 Å². The zero-order valence-corrected chi connectivity index (χ0v) is 16.0. The van der Waals surface area contributed by atoms with Crippen molar-refractivity contribution >= 4 is 5.91 Å². The predicted molar refractivity (Wildman–Crippen MR) is 103 cm³/mol. The first-order chi connectivity index (χ1) is 13.5. The summed E-state index contributed by atoms with van der Waals surface area (Å²) in [6.45, 7) is 0. The molecule has 0 aliphatic rings. The van der Waals surface area contributed by atoms with Gasteiger partial charge in [0.05, 0.1) is 20.6 Å². The van der Waals surface area contributed by atoms with E-state index in [4.69, 9.17) is 9.47 Å². The van der Waals surface area contributed by atoms with Crippen LogP contribution in [0, 0.1) is 5.82 Å². The number of amides is 1. The lowest BCUT2D eigenvalue weighted by atomic mass is 10.0. The van der Waals surface area contributed by atoms with Crippen molar-refractivity contribution in [3.63, 3.8) is 0 Å². The monoisotopic (exact) mass is 383 g/mol. The van der Waals surface area contributed by atoms with Crippen molar-refractivity contribution in [3.8, 4) is 11.5 Å². The Labute approximate surface area is 162 Å². The number of halogens is 1. The average Bonchev–Trinajstić information content (AvgIpc) is 3.12. The molecule has 6 nitrogen and oxygen atoms in total. The smallest absolute Gasteiger partial charge is 0.225 e. The zero-order valence-electron chi connectivity index (χ0n) is 16.0. The van der Waals surface area contributed by atoms with Gasteiger partial charge in [-0.15, -0.1) is 0 Å².